The standard InChI is InChI=1S/C11H12BrNO3S/c12-11(14)13-7-8-3-4-10-9(6-8)2-1-5-17(10,15)16/h3-4,6H,1-2,5,7H2,(H,13,14). The lowest BCUT2D eigenvalue weighted by Crippen LogP contribution is -2.18. The molecule has 0 fully saturated rings. The molecule has 0 radical (unpaired) electrons. The third kappa shape index (κ3) is 2.87. The van der Waals surface area contributed by atoms with Crippen LogP contribution in [-0.4, -0.2) is 19.0 Å². The molecule has 0 saturated carbocycles. The highest BCUT2D eigenvalue weighted by Gasteiger charge is 2.23. The molecular weight excluding hydrogens is 306 g/mol. The monoisotopic (exact) mass is 317 g/mol. The number of nitrogens with one attached hydrogen (secondary N) is 1. The second-order valence-electron chi connectivity index (χ2n) is 3.99. The second-order valence-corrected chi connectivity index (χ2v) is 6.79. The highest BCUT2D eigenvalue weighted by atomic mass is 79.9. The van der Waals surface area contributed by atoms with Gasteiger partial charge in [0, 0.05) is 22.5 Å². The summed E-state index contributed by atoms with van der Waals surface area (Å²) in [7, 11) is -3.09. The van der Waals surface area contributed by atoms with Crippen LogP contribution in [0.25, 0.3) is 0 Å². The Hall–Kier alpha value is -0.880. The van der Waals surface area contributed by atoms with Crippen molar-refractivity contribution in [1.82, 2.24) is 5.32 Å². The summed E-state index contributed by atoms with van der Waals surface area (Å²) in [5.74, 6) is 0.234. The number of benzene rings is 1. The average molecular weight is 318 g/mol. The van der Waals surface area contributed by atoms with Gasteiger partial charge in [0.05, 0.1) is 10.6 Å². The van der Waals surface area contributed by atoms with Gasteiger partial charge in [-0.2, -0.15) is 0 Å². The number of aryl methyl sites for hydroxylation is 1. The molecule has 1 aliphatic rings. The van der Waals surface area contributed by atoms with Crippen molar-refractivity contribution < 1.29 is 13.2 Å². The minimum absolute atomic E-state index is 0.234. The Kier molecular flexibility index (Phi) is 3.53. The molecule has 0 aromatic heterocycles. The molecule has 1 aliphatic heterocycles. The van der Waals surface area contributed by atoms with Crippen molar-refractivity contribution >= 4 is 30.6 Å². The van der Waals surface area contributed by atoms with E-state index in [2.05, 4.69) is 21.2 Å². The van der Waals surface area contributed by atoms with Crippen molar-refractivity contribution in [2.75, 3.05) is 5.75 Å². The molecule has 6 heteroatoms. The number of halogens is 1. The summed E-state index contributed by atoms with van der Waals surface area (Å²) < 4.78 is 23.5. The summed E-state index contributed by atoms with van der Waals surface area (Å²) in [6, 6.07) is 5.24. The Morgan fingerprint density at radius 3 is 2.88 bits per heavy atom. The first-order valence-electron chi connectivity index (χ1n) is 5.27. The fourth-order valence-corrected chi connectivity index (χ4v) is 3.70. The van der Waals surface area contributed by atoms with Gasteiger partial charge in [0.1, 0.15) is 0 Å². The molecular formula is C11H12BrNO3S. The molecule has 1 N–H and O–H groups in total. The first kappa shape index (κ1) is 12.6. The smallest absolute Gasteiger partial charge is 0.287 e. The summed E-state index contributed by atoms with van der Waals surface area (Å²) in [6.45, 7) is 0.400. The molecule has 0 unspecified atom stereocenters. The number of carbonyl (C=O) groups is 1. The number of hydrogen-bond acceptors (Lipinski definition) is 3. The van der Waals surface area contributed by atoms with Gasteiger partial charge in [-0.3, -0.25) is 4.79 Å². The molecule has 0 atom stereocenters. The van der Waals surface area contributed by atoms with E-state index in [9.17, 15) is 13.2 Å². The number of carbonyl (C=O) groups excluding carboxylic acids is 1. The van der Waals surface area contributed by atoms with E-state index < -0.39 is 9.84 Å². The molecule has 1 heterocycles. The van der Waals surface area contributed by atoms with Crippen LogP contribution in [0.2, 0.25) is 0 Å². The van der Waals surface area contributed by atoms with E-state index in [1.165, 1.54) is 0 Å². The van der Waals surface area contributed by atoms with Crippen molar-refractivity contribution in [3.05, 3.63) is 29.3 Å². The van der Waals surface area contributed by atoms with Crippen molar-refractivity contribution in [3.63, 3.8) is 0 Å². The topological polar surface area (TPSA) is 63.2 Å². The highest BCUT2D eigenvalue weighted by Crippen LogP contribution is 2.25. The van der Waals surface area contributed by atoms with Crippen molar-refractivity contribution in [2.45, 2.75) is 24.3 Å². The number of fused-ring (bicyclic) bond motifs is 1. The summed E-state index contributed by atoms with van der Waals surface area (Å²) in [5.41, 5.74) is 1.77. The Balaban J connectivity index is 2.28. The molecule has 0 saturated heterocycles. The number of rotatable bonds is 2. The van der Waals surface area contributed by atoms with Crippen LogP contribution in [0.1, 0.15) is 17.5 Å². The van der Waals surface area contributed by atoms with Crippen LogP contribution in [0.4, 0.5) is 4.79 Å². The van der Waals surface area contributed by atoms with Gasteiger partial charge in [-0.15, -0.1) is 0 Å². The van der Waals surface area contributed by atoms with Gasteiger partial charge < -0.3 is 5.32 Å². The lowest BCUT2D eigenvalue weighted by atomic mass is 10.1. The average Bonchev–Trinajstić information content (AvgIpc) is 2.25. The van der Waals surface area contributed by atoms with E-state index in [0.717, 1.165) is 17.5 Å². The van der Waals surface area contributed by atoms with Gasteiger partial charge in [-0.05, 0) is 30.0 Å². The molecule has 1 aromatic carbocycles. The molecule has 4 nitrogen and oxygen atoms in total. The quantitative estimate of drug-likeness (QED) is 0.670. The van der Waals surface area contributed by atoms with Crippen LogP contribution in [0.5, 0.6) is 0 Å². The van der Waals surface area contributed by atoms with Crippen LogP contribution in [0.3, 0.4) is 0 Å². The van der Waals surface area contributed by atoms with Gasteiger partial charge in [0.15, 0.2) is 9.84 Å². The first-order chi connectivity index (χ1) is 7.99. The normalized spacial score (nSPS) is 17.2. The highest BCUT2D eigenvalue weighted by molar-refractivity contribution is 9.18. The second kappa shape index (κ2) is 4.78. The van der Waals surface area contributed by atoms with E-state index in [1.54, 1.807) is 12.1 Å². The predicted molar refractivity (Wildman–Crippen MR) is 68.0 cm³/mol. The number of sulfone groups is 1. The zero-order valence-electron chi connectivity index (χ0n) is 9.07. The van der Waals surface area contributed by atoms with Crippen LogP contribution in [0, 0.1) is 0 Å². The molecule has 1 amide bonds. The third-order valence-corrected chi connectivity index (χ3v) is 4.93. The summed E-state index contributed by atoms with van der Waals surface area (Å²) in [6.07, 6.45) is 1.45. The molecule has 0 bridgehead atoms. The van der Waals surface area contributed by atoms with E-state index >= 15 is 0 Å². The maximum absolute atomic E-state index is 11.8. The Morgan fingerprint density at radius 1 is 1.41 bits per heavy atom. The first-order valence-corrected chi connectivity index (χ1v) is 7.71. The van der Waals surface area contributed by atoms with Crippen LogP contribution in [-0.2, 0) is 22.8 Å². The van der Waals surface area contributed by atoms with Gasteiger partial charge >= 0.3 is 0 Å². The molecule has 2 rings (SSSR count). The van der Waals surface area contributed by atoms with E-state index in [1.807, 2.05) is 6.07 Å². The summed E-state index contributed by atoms with van der Waals surface area (Å²) >= 11 is 2.78. The van der Waals surface area contributed by atoms with Gasteiger partial charge in [-0.1, -0.05) is 12.1 Å². The zero-order valence-corrected chi connectivity index (χ0v) is 11.5. The molecule has 0 aliphatic carbocycles. The Morgan fingerprint density at radius 2 is 2.18 bits per heavy atom. The van der Waals surface area contributed by atoms with Crippen LogP contribution >= 0.6 is 15.9 Å². The van der Waals surface area contributed by atoms with E-state index in [4.69, 9.17) is 0 Å². The SMILES string of the molecule is O=C(Br)NCc1ccc2c(c1)CCCS2(=O)=O. The van der Waals surface area contributed by atoms with Gasteiger partial charge in [0.2, 0.25) is 0 Å². The molecule has 92 valence electrons. The number of amides is 1. The van der Waals surface area contributed by atoms with Crippen molar-refractivity contribution in [3.8, 4) is 0 Å². The Labute approximate surface area is 108 Å². The largest absolute Gasteiger partial charge is 0.343 e. The molecule has 17 heavy (non-hydrogen) atoms. The van der Waals surface area contributed by atoms with Gasteiger partial charge in [-0.25, -0.2) is 8.42 Å². The Bertz CT molecular complexity index is 554. The maximum atomic E-state index is 11.8. The predicted octanol–water partition coefficient (Wildman–Crippen LogP) is 2.01. The molecule has 1 aromatic rings. The summed E-state index contributed by atoms with van der Waals surface area (Å²) in [4.78, 5) is 10.9. The number of hydrogen-bond donors (Lipinski definition) is 1. The lowest BCUT2D eigenvalue weighted by Gasteiger charge is -2.17. The van der Waals surface area contributed by atoms with Crippen LogP contribution < -0.4 is 5.32 Å². The van der Waals surface area contributed by atoms with Gasteiger partial charge in [0.25, 0.3) is 4.82 Å². The van der Waals surface area contributed by atoms with E-state index in [0.29, 0.717) is 17.9 Å². The fourth-order valence-electron chi connectivity index (χ4n) is 1.98. The summed E-state index contributed by atoms with van der Waals surface area (Å²) in [5, 5.41) is 2.62. The minimum Gasteiger partial charge on any atom is -0.343 e. The lowest BCUT2D eigenvalue weighted by molar-refractivity contribution is 0.261. The maximum Gasteiger partial charge on any atom is 0.287 e. The third-order valence-electron chi connectivity index (χ3n) is 2.75. The molecule has 0 spiro atoms. The van der Waals surface area contributed by atoms with E-state index in [-0.39, 0.29) is 10.6 Å². The zero-order chi connectivity index (χ0) is 12.5. The van der Waals surface area contributed by atoms with Crippen molar-refractivity contribution in [1.29, 1.82) is 0 Å². The minimum atomic E-state index is -3.09. The van der Waals surface area contributed by atoms with Crippen molar-refractivity contribution in [2.24, 2.45) is 0 Å². The fraction of sp³-hybridized carbons (Fsp3) is 0.364. The van der Waals surface area contributed by atoms with Crippen LogP contribution in [0.15, 0.2) is 23.1 Å².